The van der Waals surface area contributed by atoms with Gasteiger partial charge in [-0.15, -0.1) is 0 Å². The molecule has 0 spiro atoms. The maximum atomic E-state index is 14.7. The molecule has 0 unspecified atom stereocenters. The fourth-order valence-electron chi connectivity index (χ4n) is 10.5. The number of amides is 1. The summed E-state index contributed by atoms with van der Waals surface area (Å²) in [6.45, 7) is 1.86. The molecule has 3 aromatic rings. The molecule has 4 bridgehead atoms. The maximum Gasteiger partial charge on any atom is 0.434 e. The lowest BCUT2D eigenvalue weighted by Gasteiger charge is -2.59. The Hall–Kier alpha value is -3.78. The molecular weight excluding hydrogens is 699 g/mol. The van der Waals surface area contributed by atoms with Crippen molar-refractivity contribution >= 4 is 22.8 Å². The Balaban J connectivity index is 1.07. The minimum atomic E-state index is -5.00. The SMILES string of the molecule is COC[C@H](C)n1cc(-c2ccc(C(=O)NC3(C(=O)O)C4CC5CC(C4)CC3C5)c(C(F)(F)F)n2)c2ccc(O[C@H]3CC[C@H](N4CC(F)(F)C4)CC3)cc21. The fraction of sp³-hybridized carbons (Fsp3) is 0.615. The Bertz CT molecular complexity index is 1870. The molecule has 286 valence electrons. The minimum Gasteiger partial charge on any atom is -0.490 e. The number of nitrogens with zero attached hydrogens (tertiary/aromatic N) is 3. The predicted octanol–water partition coefficient (Wildman–Crippen LogP) is 7.58. The summed E-state index contributed by atoms with van der Waals surface area (Å²) in [5.41, 5.74) is -2.57. The highest BCUT2D eigenvalue weighted by Gasteiger charge is 2.62. The van der Waals surface area contributed by atoms with E-state index in [4.69, 9.17) is 9.47 Å². The summed E-state index contributed by atoms with van der Waals surface area (Å²) < 4.78 is 84.7. The molecule has 1 aliphatic heterocycles. The first kappa shape index (κ1) is 36.2. The number of rotatable bonds is 10. The van der Waals surface area contributed by atoms with E-state index in [1.807, 2.05) is 22.5 Å². The van der Waals surface area contributed by atoms with Gasteiger partial charge < -0.3 is 24.5 Å². The molecule has 5 saturated carbocycles. The summed E-state index contributed by atoms with van der Waals surface area (Å²) in [6, 6.07) is 7.78. The Morgan fingerprint density at radius 3 is 2.25 bits per heavy atom. The molecule has 9 nitrogen and oxygen atoms in total. The molecule has 9 rings (SSSR count). The van der Waals surface area contributed by atoms with Gasteiger partial charge in [0.25, 0.3) is 11.8 Å². The second-order valence-electron chi connectivity index (χ2n) is 16.3. The van der Waals surface area contributed by atoms with Crippen LogP contribution in [0.5, 0.6) is 5.75 Å². The Kier molecular flexibility index (Phi) is 9.02. The van der Waals surface area contributed by atoms with Crippen molar-refractivity contribution in [2.24, 2.45) is 23.7 Å². The number of likely N-dealkylation sites (tertiary alicyclic amines) is 1. The summed E-state index contributed by atoms with van der Waals surface area (Å²) in [5.74, 6) is -4.16. The van der Waals surface area contributed by atoms with Crippen LogP contribution in [0.25, 0.3) is 22.2 Å². The van der Waals surface area contributed by atoms with Gasteiger partial charge in [0.2, 0.25) is 0 Å². The number of methoxy groups -OCH3 is 1. The van der Waals surface area contributed by atoms with Gasteiger partial charge in [-0.1, -0.05) is 0 Å². The van der Waals surface area contributed by atoms with E-state index in [1.54, 1.807) is 25.4 Å². The zero-order chi connectivity index (χ0) is 37.4. The summed E-state index contributed by atoms with van der Waals surface area (Å²) >= 11 is 0. The number of ether oxygens (including phenoxy) is 2. The Morgan fingerprint density at radius 2 is 1.66 bits per heavy atom. The van der Waals surface area contributed by atoms with E-state index >= 15 is 0 Å². The van der Waals surface area contributed by atoms with Crippen LogP contribution in [0.3, 0.4) is 0 Å². The second kappa shape index (κ2) is 13.2. The molecule has 14 heteroatoms. The standard InChI is InChI=1S/C39H45F5N4O5/c1-21(18-52-2)48-17-31(29-8-7-28(16-33(29)48)53-27-5-3-26(4-6-27)47-19-37(40,41)20-47)32-10-9-30(34(45-32)39(42,43)44)35(49)46-38(36(50)51)24-12-22-11-23(14-24)15-25(38)13-22/h7-10,16-17,21-27H,3-6,11-15,18-20H2,1-2H3,(H,46,49)(H,50,51)/t21-,22?,23?,24?,25?,26-,27-,38?/m0/s1. The number of aromatic nitrogens is 2. The van der Waals surface area contributed by atoms with E-state index in [0.717, 1.165) is 38.2 Å². The number of aliphatic carboxylic acids is 1. The van der Waals surface area contributed by atoms with E-state index in [1.165, 1.54) is 6.07 Å². The average Bonchev–Trinajstić information content (AvgIpc) is 3.47. The number of hydrogen-bond donors (Lipinski definition) is 2. The molecule has 0 radical (unpaired) electrons. The highest BCUT2D eigenvalue weighted by atomic mass is 19.4. The molecule has 6 aliphatic rings. The van der Waals surface area contributed by atoms with Crippen molar-refractivity contribution in [2.45, 2.75) is 101 Å². The number of alkyl halides is 5. The fourth-order valence-corrected chi connectivity index (χ4v) is 10.5. The van der Waals surface area contributed by atoms with Gasteiger partial charge in [0.15, 0.2) is 5.69 Å². The van der Waals surface area contributed by atoms with Gasteiger partial charge in [-0.05, 0) is 113 Å². The van der Waals surface area contributed by atoms with Gasteiger partial charge in [0.1, 0.15) is 11.3 Å². The first-order chi connectivity index (χ1) is 25.1. The summed E-state index contributed by atoms with van der Waals surface area (Å²) in [7, 11) is 1.56. The van der Waals surface area contributed by atoms with Gasteiger partial charge in [-0.2, -0.15) is 13.2 Å². The van der Waals surface area contributed by atoms with Crippen molar-refractivity contribution in [1.29, 1.82) is 0 Å². The van der Waals surface area contributed by atoms with Crippen molar-refractivity contribution in [3.05, 3.63) is 47.8 Å². The van der Waals surface area contributed by atoms with E-state index in [-0.39, 0.29) is 48.8 Å². The van der Waals surface area contributed by atoms with E-state index in [0.29, 0.717) is 66.3 Å². The number of halogens is 5. The van der Waals surface area contributed by atoms with Crippen molar-refractivity contribution < 1.29 is 46.1 Å². The quantitative estimate of drug-likeness (QED) is 0.206. The first-order valence-corrected chi connectivity index (χ1v) is 18.7. The lowest BCUT2D eigenvalue weighted by Crippen LogP contribution is -2.70. The van der Waals surface area contributed by atoms with Crippen LogP contribution in [0.1, 0.15) is 86.8 Å². The topological polar surface area (TPSA) is 106 Å². The van der Waals surface area contributed by atoms with Crippen LogP contribution in [-0.2, 0) is 15.7 Å². The third-order valence-electron chi connectivity index (χ3n) is 12.8. The monoisotopic (exact) mass is 744 g/mol. The summed E-state index contributed by atoms with van der Waals surface area (Å²) in [6.07, 6.45) is 3.20. The molecule has 5 aliphatic carbocycles. The van der Waals surface area contributed by atoms with Gasteiger partial charge >= 0.3 is 12.1 Å². The number of carboxylic acid groups (broad SMARTS) is 1. The van der Waals surface area contributed by atoms with Crippen molar-refractivity contribution in [3.63, 3.8) is 0 Å². The molecular formula is C39H45F5N4O5. The minimum absolute atomic E-state index is 0.00776. The van der Waals surface area contributed by atoms with Gasteiger partial charge in [-0.25, -0.2) is 18.6 Å². The van der Waals surface area contributed by atoms with Crippen LogP contribution >= 0.6 is 0 Å². The lowest BCUT2D eigenvalue weighted by molar-refractivity contribution is -0.163. The zero-order valence-electron chi connectivity index (χ0n) is 29.8. The molecule has 1 aromatic carbocycles. The number of nitrogens with one attached hydrogen (secondary N) is 1. The van der Waals surface area contributed by atoms with Gasteiger partial charge in [0, 0.05) is 36.4 Å². The predicted molar refractivity (Wildman–Crippen MR) is 185 cm³/mol. The molecule has 1 amide bonds. The smallest absolute Gasteiger partial charge is 0.434 e. The van der Waals surface area contributed by atoms with Crippen LogP contribution < -0.4 is 10.1 Å². The maximum absolute atomic E-state index is 14.7. The van der Waals surface area contributed by atoms with Crippen LogP contribution in [0.15, 0.2) is 36.5 Å². The van der Waals surface area contributed by atoms with E-state index < -0.39 is 40.8 Å². The summed E-state index contributed by atoms with van der Waals surface area (Å²) in [5, 5.41) is 13.7. The molecule has 1 atom stereocenters. The highest BCUT2D eigenvalue weighted by molar-refractivity contribution is 6.00. The van der Waals surface area contributed by atoms with Crippen LogP contribution in [0.4, 0.5) is 22.0 Å². The van der Waals surface area contributed by atoms with Gasteiger partial charge in [0.05, 0.1) is 48.6 Å². The largest absolute Gasteiger partial charge is 0.490 e. The highest BCUT2D eigenvalue weighted by Crippen LogP contribution is 2.58. The molecule has 6 fully saturated rings. The number of benzene rings is 1. The average molecular weight is 745 g/mol. The van der Waals surface area contributed by atoms with Crippen LogP contribution in [0.2, 0.25) is 0 Å². The number of hydrogen-bond acceptors (Lipinski definition) is 6. The number of fused-ring (bicyclic) bond motifs is 1. The van der Waals surface area contributed by atoms with Gasteiger partial charge in [-0.3, -0.25) is 9.69 Å². The van der Waals surface area contributed by atoms with Crippen molar-refractivity contribution in [2.75, 3.05) is 26.8 Å². The zero-order valence-corrected chi connectivity index (χ0v) is 29.8. The van der Waals surface area contributed by atoms with E-state index in [9.17, 15) is 36.6 Å². The molecule has 53 heavy (non-hydrogen) atoms. The first-order valence-electron chi connectivity index (χ1n) is 18.7. The normalized spacial score (nSPS) is 31.3. The third-order valence-corrected chi connectivity index (χ3v) is 12.8. The molecule has 3 heterocycles. The lowest BCUT2D eigenvalue weighted by atomic mass is 9.48. The second-order valence-corrected chi connectivity index (χ2v) is 16.3. The Morgan fingerprint density at radius 1 is 1.00 bits per heavy atom. The third kappa shape index (κ3) is 6.47. The molecule has 2 aromatic heterocycles. The molecule has 2 N–H and O–H groups in total. The Labute approximate surface area is 304 Å². The van der Waals surface area contributed by atoms with Crippen molar-refractivity contribution in [1.82, 2.24) is 19.8 Å². The number of carboxylic acids is 1. The van der Waals surface area contributed by atoms with E-state index in [2.05, 4.69) is 10.3 Å². The van der Waals surface area contributed by atoms with Crippen LogP contribution in [0, 0.1) is 23.7 Å². The molecule has 1 saturated heterocycles. The summed E-state index contributed by atoms with van der Waals surface area (Å²) in [4.78, 5) is 32.5. The van der Waals surface area contributed by atoms with Crippen LogP contribution in [-0.4, -0.2) is 81.8 Å². The number of carbonyl (C=O) groups excluding carboxylic acids is 1. The van der Waals surface area contributed by atoms with Crippen molar-refractivity contribution in [3.8, 4) is 17.0 Å². The number of carbonyl (C=O) groups is 2. The number of pyridine rings is 1.